The quantitative estimate of drug-likeness (QED) is 0.627. The molecule has 0 radical (unpaired) electrons. The van der Waals surface area contributed by atoms with Crippen molar-refractivity contribution in [3.63, 3.8) is 0 Å². The SMILES string of the molecule is CCCS(=O)(=O)N1CCN(Cc2noc(CCC(=O)N3CCCC3)n2)CC1. The number of carbonyl (C=O) groups is 1. The van der Waals surface area contributed by atoms with E-state index in [9.17, 15) is 13.2 Å². The van der Waals surface area contributed by atoms with Gasteiger partial charge in [-0.1, -0.05) is 12.1 Å². The summed E-state index contributed by atoms with van der Waals surface area (Å²) in [6.07, 6.45) is 3.67. The van der Waals surface area contributed by atoms with E-state index in [0.717, 1.165) is 25.9 Å². The van der Waals surface area contributed by atoms with E-state index in [-0.39, 0.29) is 11.7 Å². The summed E-state index contributed by atoms with van der Waals surface area (Å²) in [5.41, 5.74) is 0. The molecule has 3 heterocycles. The van der Waals surface area contributed by atoms with Crippen molar-refractivity contribution in [2.24, 2.45) is 0 Å². The lowest BCUT2D eigenvalue weighted by molar-refractivity contribution is -0.130. The van der Waals surface area contributed by atoms with Crippen LogP contribution in [0, 0.1) is 0 Å². The van der Waals surface area contributed by atoms with Gasteiger partial charge in [-0.25, -0.2) is 8.42 Å². The van der Waals surface area contributed by atoms with Crippen LogP contribution in [0.1, 0.15) is 44.3 Å². The number of nitrogens with zero attached hydrogens (tertiary/aromatic N) is 5. The van der Waals surface area contributed by atoms with Gasteiger partial charge in [-0.15, -0.1) is 0 Å². The molecule has 9 nitrogen and oxygen atoms in total. The Hall–Kier alpha value is -1.52. The molecule has 2 fully saturated rings. The number of aromatic nitrogens is 2. The lowest BCUT2D eigenvalue weighted by Crippen LogP contribution is -2.48. The Balaban J connectivity index is 1.42. The van der Waals surface area contributed by atoms with Crippen molar-refractivity contribution in [3.05, 3.63) is 11.7 Å². The molecule has 27 heavy (non-hydrogen) atoms. The van der Waals surface area contributed by atoms with Crippen LogP contribution in [-0.2, 0) is 27.8 Å². The third kappa shape index (κ3) is 5.49. The molecule has 2 aliphatic heterocycles. The highest BCUT2D eigenvalue weighted by atomic mass is 32.2. The van der Waals surface area contributed by atoms with Crippen LogP contribution in [0.4, 0.5) is 0 Å². The minimum Gasteiger partial charge on any atom is -0.343 e. The lowest BCUT2D eigenvalue weighted by atomic mass is 10.3. The molecule has 1 amide bonds. The highest BCUT2D eigenvalue weighted by Crippen LogP contribution is 2.13. The van der Waals surface area contributed by atoms with Gasteiger partial charge in [0, 0.05) is 52.1 Å². The first-order chi connectivity index (χ1) is 13.0. The summed E-state index contributed by atoms with van der Waals surface area (Å²) in [6.45, 7) is 6.42. The van der Waals surface area contributed by atoms with Crippen molar-refractivity contribution in [2.45, 2.75) is 45.6 Å². The number of piperazine rings is 1. The molecule has 152 valence electrons. The summed E-state index contributed by atoms with van der Waals surface area (Å²) in [5.74, 6) is 1.43. The summed E-state index contributed by atoms with van der Waals surface area (Å²) < 4.78 is 31.1. The zero-order valence-electron chi connectivity index (χ0n) is 16.0. The summed E-state index contributed by atoms with van der Waals surface area (Å²) >= 11 is 0. The molecule has 1 aromatic rings. The molecule has 0 atom stereocenters. The average Bonchev–Trinajstić information content (AvgIpc) is 3.32. The predicted octanol–water partition coefficient (Wildman–Crippen LogP) is 0.482. The molecule has 1 aromatic heterocycles. The minimum atomic E-state index is -3.13. The van der Waals surface area contributed by atoms with Gasteiger partial charge < -0.3 is 9.42 Å². The van der Waals surface area contributed by atoms with Crippen molar-refractivity contribution in [3.8, 4) is 0 Å². The summed E-state index contributed by atoms with van der Waals surface area (Å²) in [4.78, 5) is 20.5. The number of rotatable bonds is 8. The van der Waals surface area contributed by atoms with Crippen LogP contribution in [0.3, 0.4) is 0 Å². The molecule has 0 spiro atoms. The van der Waals surface area contributed by atoms with Gasteiger partial charge in [0.25, 0.3) is 0 Å². The van der Waals surface area contributed by atoms with Gasteiger partial charge in [0.1, 0.15) is 0 Å². The Morgan fingerprint density at radius 3 is 2.48 bits per heavy atom. The molecule has 0 N–H and O–H groups in total. The second-order valence-electron chi connectivity index (χ2n) is 7.18. The second-order valence-corrected chi connectivity index (χ2v) is 9.27. The normalized spacial score (nSPS) is 19.7. The van der Waals surface area contributed by atoms with E-state index in [1.54, 1.807) is 4.31 Å². The highest BCUT2D eigenvalue weighted by Gasteiger charge is 2.27. The number of aryl methyl sites for hydroxylation is 1. The zero-order valence-corrected chi connectivity index (χ0v) is 16.8. The first kappa shape index (κ1) is 20.2. The lowest BCUT2D eigenvalue weighted by Gasteiger charge is -2.33. The van der Waals surface area contributed by atoms with Gasteiger partial charge in [-0.05, 0) is 19.3 Å². The minimum absolute atomic E-state index is 0.150. The fraction of sp³-hybridized carbons (Fsp3) is 0.824. The molecule has 2 saturated heterocycles. The molecule has 10 heteroatoms. The van der Waals surface area contributed by atoms with Gasteiger partial charge in [-0.3, -0.25) is 9.69 Å². The maximum atomic E-state index is 12.1. The molecule has 0 aromatic carbocycles. The molecule has 0 bridgehead atoms. The van der Waals surface area contributed by atoms with E-state index in [2.05, 4.69) is 15.0 Å². The average molecular weight is 400 g/mol. The van der Waals surface area contributed by atoms with Crippen molar-refractivity contribution in [1.82, 2.24) is 24.2 Å². The van der Waals surface area contributed by atoms with Gasteiger partial charge in [0.15, 0.2) is 5.82 Å². The van der Waals surface area contributed by atoms with Crippen molar-refractivity contribution in [2.75, 3.05) is 45.0 Å². The van der Waals surface area contributed by atoms with Crippen LogP contribution in [-0.4, -0.2) is 83.6 Å². The van der Waals surface area contributed by atoms with Crippen molar-refractivity contribution >= 4 is 15.9 Å². The van der Waals surface area contributed by atoms with Crippen molar-refractivity contribution < 1.29 is 17.7 Å². The van der Waals surface area contributed by atoms with Crippen LogP contribution in [0.25, 0.3) is 0 Å². The highest BCUT2D eigenvalue weighted by molar-refractivity contribution is 7.89. The maximum absolute atomic E-state index is 12.1. The van der Waals surface area contributed by atoms with E-state index in [1.807, 2.05) is 11.8 Å². The Morgan fingerprint density at radius 2 is 1.81 bits per heavy atom. The molecule has 0 saturated carbocycles. The third-order valence-corrected chi connectivity index (χ3v) is 7.15. The van der Waals surface area contributed by atoms with Gasteiger partial charge in [0.2, 0.25) is 21.8 Å². The van der Waals surface area contributed by atoms with E-state index < -0.39 is 10.0 Å². The number of sulfonamides is 1. The number of hydrogen-bond donors (Lipinski definition) is 0. The monoisotopic (exact) mass is 399 g/mol. The van der Waals surface area contributed by atoms with E-state index >= 15 is 0 Å². The molecule has 2 aliphatic rings. The Morgan fingerprint density at radius 1 is 1.11 bits per heavy atom. The van der Waals surface area contributed by atoms with E-state index in [0.29, 0.717) is 63.7 Å². The molecule has 3 rings (SSSR count). The number of amides is 1. The topological polar surface area (TPSA) is 99.8 Å². The predicted molar refractivity (Wildman–Crippen MR) is 99.4 cm³/mol. The Labute approximate surface area is 160 Å². The van der Waals surface area contributed by atoms with Crippen LogP contribution < -0.4 is 0 Å². The van der Waals surface area contributed by atoms with Crippen molar-refractivity contribution in [1.29, 1.82) is 0 Å². The van der Waals surface area contributed by atoms with Crippen LogP contribution in [0.15, 0.2) is 4.52 Å². The third-order valence-electron chi connectivity index (χ3n) is 5.07. The smallest absolute Gasteiger partial charge is 0.227 e. The van der Waals surface area contributed by atoms with E-state index in [4.69, 9.17) is 4.52 Å². The zero-order chi connectivity index (χ0) is 19.3. The fourth-order valence-electron chi connectivity index (χ4n) is 3.55. The van der Waals surface area contributed by atoms with Gasteiger partial charge in [0.05, 0.1) is 12.3 Å². The standard InChI is InChI=1S/C17H29N5O4S/c1-2-13-27(24,25)22-11-9-20(10-12-22)14-15-18-16(26-19-15)5-6-17(23)21-7-3-4-8-21/h2-14H2,1H3. The molecule has 0 aliphatic carbocycles. The number of carbonyl (C=O) groups excluding carboxylic acids is 1. The molecular formula is C17H29N5O4S. The Bertz CT molecular complexity index is 721. The number of hydrogen-bond acceptors (Lipinski definition) is 7. The second kappa shape index (κ2) is 9.11. The van der Waals surface area contributed by atoms with Gasteiger partial charge in [-0.2, -0.15) is 9.29 Å². The molecular weight excluding hydrogens is 370 g/mol. The van der Waals surface area contributed by atoms with Gasteiger partial charge >= 0.3 is 0 Å². The Kier molecular flexibility index (Phi) is 6.83. The van der Waals surface area contributed by atoms with E-state index in [1.165, 1.54) is 0 Å². The first-order valence-electron chi connectivity index (χ1n) is 9.77. The summed E-state index contributed by atoms with van der Waals surface area (Å²) in [6, 6.07) is 0. The summed E-state index contributed by atoms with van der Waals surface area (Å²) in [7, 11) is -3.13. The maximum Gasteiger partial charge on any atom is 0.227 e. The largest absolute Gasteiger partial charge is 0.343 e. The van der Waals surface area contributed by atoms with Crippen LogP contribution in [0.5, 0.6) is 0 Å². The number of likely N-dealkylation sites (tertiary alicyclic amines) is 1. The fourth-order valence-corrected chi connectivity index (χ4v) is 5.04. The molecule has 0 unspecified atom stereocenters. The summed E-state index contributed by atoms with van der Waals surface area (Å²) in [5, 5.41) is 4.00. The first-order valence-corrected chi connectivity index (χ1v) is 11.4. The van der Waals surface area contributed by atoms with Crippen LogP contribution in [0.2, 0.25) is 0 Å². The van der Waals surface area contributed by atoms with Crippen LogP contribution >= 0.6 is 0 Å².